The zero-order chi connectivity index (χ0) is 51.7. The average Bonchev–Trinajstić information content (AvgIpc) is 3.35. The van der Waals surface area contributed by atoms with Crippen molar-refractivity contribution in [1.82, 2.24) is 0 Å². The number of carbonyl (C=O) groups is 1. The summed E-state index contributed by atoms with van der Waals surface area (Å²) in [6.07, 6.45) is 51.8. The second-order valence-corrected chi connectivity index (χ2v) is 21.3. The first-order valence-corrected chi connectivity index (χ1v) is 30.6. The van der Waals surface area contributed by atoms with E-state index in [9.17, 15) is 33.1 Å². The molecule has 71 heavy (non-hydrogen) atoms. The van der Waals surface area contributed by atoms with Crippen molar-refractivity contribution in [2.24, 2.45) is 0 Å². The van der Waals surface area contributed by atoms with E-state index in [0.717, 1.165) is 70.6 Å². The molecule has 418 valence electrons. The van der Waals surface area contributed by atoms with Gasteiger partial charge in [-0.25, -0.2) is 4.18 Å². The first-order valence-electron chi connectivity index (χ1n) is 29.2. The van der Waals surface area contributed by atoms with Crippen LogP contribution in [-0.4, -0.2) is 97.5 Å². The Morgan fingerprint density at radius 3 is 1.35 bits per heavy atom. The molecule has 13 heteroatoms. The molecule has 0 spiro atoms. The zero-order valence-corrected chi connectivity index (χ0v) is 46.1. The van der Waals surface area contributed by atoms with E-state index >= 15 is 0 Å². The van der Waals surface area contributed by atoms with Gasteiger partial charge in [-0.05, 0) is 51.4 Å². The fraction of sp³-hybridized carbons (Fsp3) is 0.879. The second kappa shape index (κ2) is 49.2. The smallest absolute Gasteiger partial charge is 0.397 e. The van der Waals surface area contributed by atoms with Gasteiger partial charge in [0.05, 0.1) is 19.8 Å². The summed E-state index contributed by atoms with van der Waals surface area (Å²) < 4.78 is 59.4. The molecule has 1 rings (SSSR count). The largest absolute Gasteiger partial charge is 0.457 e. The van der Waals surface area contributed by atoms with Crippen LogP contribution < -0.4 is 0 Å². The van der Waals surface area contributed by atoms with Crippen LogP contribution in [0.5, 0.6) is 0 Å². The standard InChI is InChI=1S/C58H108O12S/c1-3-5-7-9-11-13-15-17-19-21-23-25-26-28-30-32-34-36-38-40-42-44-46-48-66-50-52(51-67-58-56(62)57(70-71(63,64)65)55(61)53(49-59)69-58)68-54(60)47-45-43-41-39-37-35-33-31-29-27-24-22-20-18-16-14-12-10-8-6-4-2/h16,18,22,24,29,31,52-53,55-59,61-62H,3-15,17,19-21,23,25-28,30,32-51H2,1-2H3,(H,63,64,65)/b18-16-,24-22-,31-29-. The minimum Gasteiger partial charge on any atom is -0.457 e. The number of aliphatic hydroxyl groups excluding tert-OH is 3. The topological polar surface area (TPSA) is 178 Å². The van der Waals surface area contributed by atoms with E-state index in [-0.39, 0.29) is 19.6 Å². The number of rotatable bonds is 52. The molecular formula is C58H108O12S. The van der Waals surface area contributed by atoms with Gasteiger partial charge in [-0.1, -0.05) is 243 Å². The lowest BCUT2D eigenvalue weighted by Gasteiger charge is -2.41. The Morgan fingerprint density at radius 1 is 0.535 bits per heavy atom. The Hall–Kier alpha value is -1.68. The van der Waals surface area contributed by atoms with Crippen LogP contribution in [0.25, 0.3) is 0 Å². The number of carbonyl (C=O) groups excluding carboxylic acids is 1. The van der Waals surface area contributed by atoms with Crippen LogP contribution >= 0.6 is 0 Å². The molecule has 0 aromatic heterocycles. The molecule has 0 aromatic carbocycles. The van der Waals surface area contributed by atoms with Gasteiger partial charge in [-0.15, -0.1) is 0 Å². The Kier molecular flexibility index (Phi) is 46.7. The van der Waals surface area contributed by atoms with Gasteiger partial charge in [0, 0.05) is 13.0 Å². The summed E-state index contributed by atoms with van der Waals surface area (Å²) in [5.41, 5.74) is 0. The Balaban J connectivity index is 2.30. The summed E-state index contributed by atoms with van der Waals surface area (Å²) >= 11 is 0. The van der Waals surface area contributed by atoms with Gasteiger partial charge >= 0.3 is 16.4 Å². The fourth-order valence-electron chi connectivity index (χ4n) is 9.09. The minimum atomic E-state index is -5.07. The molecule has 1 saturated heterocycles. The number of allylic oxidation sites excluding steroid dienone is 6. The van der Waals surface area contributed by atoms with Crippen LogP contribution in [-0.2, 0) is 38.3 Å². The van der Waals surface area contributed by atoms with Crippen LogP contribution in [0.1, 0.15) is 264 Å². The third kappa shape index (κ3) is 42.3. The molecule has 6 atom stereocenters. The van der Waals surface area contributed by atoms with Crippen LogP contribution in [0.2, 0.25) is 0 Å². The monoisotopic (exact) mass is 1030 g/mol. The minimum absolute atomic E-state index is 0.0340. The Labute approximate surface area is 434 Å². The number of unbranched alkanes of at least 4 members (excludes halogenated alkanes) is 33. The van der Waals surface area contributed by atoms with Crippen molar-refractivity contribution < 1.29 is 56.2 Å². The normalized spacial score (nSPS) is 19.2. The lowest BCUT2D eigenvalue weighted by atomic mass is 9.99. The number of hydrogen-bond acceptors (Lipinski definition) is 11. The molecular weight excluding hydrogens is 921 g/mol. The number of esters is 1. The molecule has 1 heterocycles. The van der Waals surface area contributed by atoms with Crippen molar-refractivity contribution in [2.75, 3.05) is 26.4 Å². The van der Waals surface area contributed by atoms with E-state index in [1.807, 2.05) is 0 Å². The van der Waals surface area contributed by atoms with Gasteiger partial charge in [-0.3, -0.25) is 9.35 Å². The molecule has 12 nitrogen and oxygen atoms in total. The third-order valence-electron chi connectivity index (χ3n) is 13.5. The van der Waals surface area contributed by atoms with E-state index in [4.69, 9.17) is 18.9 Å². The summed E-state index contributed by atoms with van der Waals surface area (Å²) in [4.78, 5) is 13.0. The first-order chi connectivity index (χ1) is 34.6. The maximum atomic E-state index is 13.0. The fourth-order valence-corrected chi connectivity index (χ4v) is 9.60. The summed E-state index contributed by atoms with van der Waals surface area (Å²) in [6.45, 7) is 4.02. The predicted molar refractivity (Wildman–Crippen MR) is 290 cm³/mol. The third-order valence-corrected chi connectivity index (χ3v) is 14.0. The molecule has 0 radical (unpaired) electrons. The molecule has 1 aliphatic heterocycles. The maximum absolute atomic E-state index is 13.0. The van der Waals surface area contributed by atoms with Crippen molar-refractivity contribution in [2.45, 2.75) is 301 Å². The molecule has 0 aliphatic carbocycles. The molecule has 0 amide bonds. The van der Waals surface area contributed by atoms with Crippen LogP contribution in [0, 0.1) is 0 Å². The predicted octanol–water partition coefficient (Wildman–Crippen LogP) is 14.5. The van der Waals surface area contributed by atoms with Gasteiger partial charge in [0.25, 0.3) is 0 Å². The van der Waals surface area contributed by atoms with Crippen molar-refractivity contribution >= 4 is 16.4 Å². The molecule has 1 fully saturated rings. The van der Waals surface area contributed by atoms with E-state index in [0.29, 0.717) is 13.0 Å². The second-order valence-electron chi connectivity index (χ2n) is 20.2. The highest BCUT2D eigenvalue weighted by atomic mass is 32.3. The highest BCUT2D eigenvalue weighted by Crippen LogP contribution is 2.26. The van der Waals surface area contributed by atoms with Gasteiger partial charge in [-0.2, -0.15) is 8.42 Å². The summed E-state index contributed by atoms with van der Waals surface area (Å²) in [7, 11) is -5.07. The molecule has 1 aliphatic rings. The lowest BCUT2D eigenvalue weighted by Crippen LogP contribution is -2.60. The molecule has 6 unspecified atom stereocenters. The van der Waals surface area contributed by atoms with Crippen LogP contribution in [0.4, 0.5) is 0 Å². The number of ether oxygens (including phenoxy) is 4. The van der Waals surface area contributed by atoms with E-state index < -0.39 is 59.8 Å². The zero-order valence-electron chi connectivity index (χ0n) is 45.3. The summed E-state index contributed by atoms with van der Waals surface area (Å²) in [5, 5.41) is 30.8. The highest BCUT2D eigenvalue weighted by Gasteiger charge is 2.48. The van der Waals surface area contributed by atoms with Crippen molar-refractivity contribution in [3.63, 3.8) is 0 Å². The Morgan fingerprint density at radius 2 is 0.930 bits per heavy atom. The quantitative estimate of drug-likeness (QED) is 0.0196. The summed E-state index contributed by atoms with van der Waals surface area (Å²) in [5.74, 6) is -0.406. The molecule has 0 aromatic rings. The maximum Gasteiger partial charge on any atom is 0.397 e. The lowest BCUT2D eigenvalue weighted by molar-refractivity contribution is -0.301. The first kappa shape index (κ1) is 67.3. The van der Waals surface area contributed by atoms with E-state index in [1.165, 1.54) is 167 Å². The Bertz CT molecular complexity index is 1370. The summed E-state index contributed by atoms with van der Waals surface area (Å²) in [6, 6.07) is 0. The van der Waals surface area contributed by atoms with Crippen molar-refractivity contribution in [1.29, 1.82) is 0 Å². The van der Waals surface area contributed by atoms with Crippen LogP contribution in [0.3, 0.4) is 0 Å². The van der Waals surface area contributed by atoms with Crippen molar-refractivity contribution in [3.8, 4) is 0 Å². The average molecular weight is 1030 g/mol. The van der Waals surface area contributed by atoms with E-state index in [1.54, 1.807) is 0 Å². The SMILES string of the molecule is CCCCCCC/C=C\C/C=C\C/C=C\CCCCCCCCC(=O)OC(COCCCCCCCCCCCCCCCCCCCCCCCCC)COC1OC(CO)C(O)C(OS(=O)(=O)O)C1O. The number of hydrogen-bond donors (Lipinski definition) is 4. The van der Waals surface area contributed by atoms with Gasteiger partial charge in [0.15, 0.2) is 6.29 Å². The van der Waals surface area contributed by atoms with Crippen LogP contribution in [0.15, 0.2) is 36.5 Å². The van der Waals surface area contributed by atoms with Gasteiger partial charge < -0.3 is 34.3 Å². The highest BCUT2D eigenvalue weighted by molar-refractivity contribution is 7.80. The van der Waals surface area contributed by atoms with Gasteiger partial charge in [0.1, 0.15) is 30.5 Å². The molecule has 0 saturated carbocycles. The van der Waals surface area contributed by atoms with Gasteiger partial charge in [0.2, 0.25) is 0 Å². The number of aliphatic hydroxyl groups is 3. The molecule has 0 bridgehead atoms. The van der Waals surface area contributed by atoms with Crippen molar-refractivity contribution in [3.05, 3.63) is 36.5 Å². The molecule has 4 N–H and O–H groups in total. The van der Waals surface area contributed by atoms with E-state index in [2.05, 4.69) is 54.5 Å².